The van der Waals surface area contributed by atoms with Crippen LogP contribution in [0.3, 0.4) is 0 Å². The number of rotatable bonds is 6. The highest BCUT2D eigenvalue weighted by Crippen LogP contribution is 2.26. The monoisotopic (exact) mass is 269 g/mol. The summed E-state index contributed by atoms with van der Waals surface area (Å²) in [6.45, 7) is 9.55. The second-order valence-corrected chi connectivity index (χ2v) is 5.95. The van der Waals surface area contributed by atoms with E-state index in [0.717, 1.165) is 29.7 Å². The molecule has 0 aliphatic heterocycles. The molecule has 102 valence electrons. The normalized spacial score (nSPS) is 18.9. The molecule has 0 saturated heterocycles. The molecule has 0 radical (unpaired) electrons. The molecule has 2 rings (SSSR count). The molecule has 4 heteroatoms. The van der Waals surface area contributed by atoms with E-state index in [-0.39, 0.29) is 0 Å². The SMILES string of the molecule is CCn1nc(C)c(Cl)c1CC(C)C(C)NC1CC1. The maximum absolute atomic E-state index is 6.36. The smallest absolute Gasteiger partial charge is 0.0847 e. The standard InChI is InChI=1S/C14H24ClN3/c1-5-18-13(14(15)11(4)17-18)8-9(2)10(3)16-12-6-7-12/h9-10,12,16H,5-8H2,1-4H3. The maximum atomic E-state index is 6.36. The van der Waals surface area contributed by atoms with Gasteiger partial charge in [0.2, 0.25) is 0 Å². The third-order valence-corrected chi connectivity index (χ3v) is 4.39. The van der Waals surface area contributed by atoms with Crippen LogP contribution in [0, 0.1) is 12.8 Å². The number of nitrogens with zero attached hydrogens (tertiary/aromatic N) is 2. The fourth-order valence-corrected chi connectivity index (χ4v) is 2.54. The van der Waals surface area contributed by atoms with Crippen molar-refractivity contribution >= 4 is 11.6 Å². The average Bonchev–Trinajstić information content (AvgIpc) is 3.11. The van der Waals surface area contributed by atoms with Crippen LogP contribution < -0.4 is 5.32 Å². The van der Waals surface area contributed by atoms with Gasteiger partial charge >= 0.3 is 0 Å². The molecule has 1 fully saturated rings. The van der Waals surface area contributed by atoms with E-state index in [1.165, 1.54) is 18.5 Å². The summed E-state index contributed by atoms with van der Waals surface area (Å²) in [5.74, 6) is 0.574. The predicted octanol–water partition coefficient (Wildman–Crippen LogP) is 3.18. The topological polar surface area (TPSA) is 29.9 Å². The van der Waals surface area contributed by atoms with Crippen molar-refractivity contribution in [2.24, 2.45) is 5.92 Å². The summed E-state index contributed by atoms with van der Waals surface area (Å²) in [5, 5.41) is 8.99. The van der Waals surface area contributed by atoms with E-state index >= 15 is 0 Å². The van der Waals surface area contributed by atoms with E-state index in [1.54, 1.807) is 0 Å². The number of aryl methyl sites for hydroxylation is 2. The van der Waals surface area contributed by atoms with Crippen LogP contribution in [0.1, 0.15) is 45.0 Å². The molecule has 3 nitrogen and oxygen atoms in total. The Hall–Kier alpha value is -0.540. The van der Waals surface area contributed by atoms with Crippen molar-refractivity contribution in [2.75, 3.05) is 0 Å². The summed E-state index contributed by atoms with van der Waals surface area (Å²) in [4.78, 5) is 0. The second kappa shape index (κ2) is 5.62. The summed E-state index contributed by atoms with van der Waals surface area (Å²) < 4.78 is 2.04. The van der Waals surface area contributed by atoms with Crippen LogP contribution in [0.25, 0.3) is 0 Å². The minimum Gasteiger partial charge on any atom is -0.311 e. The summed E-state index contributed by atoms with van der Waals surface area (Å²) in [6, 6.07) is 1.30. The van der Waals surface area contributed by atoms with Gasteiger partial charge in [-0.25, -0.2) is 0 Å². The molecule has 0 spiro atoms. The number of halogens is 1. The first-order chi connectivity index (χ1) is 8.52. The maximum Gasteiger partial charge on any atom is 0.0847 e. The zero-order chi connectivity index (χ0) is 13.3. The predicted molar refractivity (Wildman–Crippen MR) is 76.1 cm³/mol. The van der Waals surface area contributed by atoms with Crippen molar-refractivity contribution in [3.8, 4) is 0 Å². The molecular weight excluding hydrogens is 246 g/mol. The van der Waals surface area contributed by atoms with Gasteiger partial charge in [-0.05, 0) is 46.0 Å². The minimum atomic E-state index is 0.536. The van der Waals surface area contributed by atoms with Gasteiger partial charge in [-0.3, -0.25) is 4.68 Å². The lowest BCUT2D eigenvalue weighted by atomic mass is 9.97. The lowest BCUT2D eigenvalue weighted by Crippen LogP contribution is -2.35. The third-order valence-electron chi connectivity index (χ3n) is 3.90. The zero-order valence-electron chi connectivity index (χ0n) is 11.8. The quantitative estimate of drug-likeness (QED) is 0.860. The van der Waals surface area contributed by atoms with Gasteiger partial charge in [0.15, 0.2) is 0 Å². The largest absolute Gasteiger partial charge is 0.311 e. The number of hydrogen-bond donors (Lipinski definition) is 1. The van der Waals surface area contributed by atoms with E-state index in [0.29, 0.717) is 12.0 Å². The molecular formula is C14H24ClN3. The Morgan fingerprint density at radius 1 is 1.44 bits per heavy atom. The number of nitrogens with one attached hydrogen (secondary N) is 1. The van der Waals surface area contributed by atoms with Gasteiger partial charge in [0.1, 0.15) is 0 Å². The fourth-order valence-electron chi connectivity index (χ4n) is 2.33. The van der Waals surface area contributed by atoms with Gasteiger partial charge in [0, 0.05) is 18.6 Å². The van der Waals surface area contributed by atoms with Gasteiger partial charge in [0.05, 0.1) is 16.4 Å². The van der Waals surface area contributed by atoms with E-state index in [2.05, 4.69) is 31.2 Å². The van der Waals surface area contributed by atoms with E-state index in [1.807, 2.05) is 11.6 Å². The van der Waals surface area contributed by atoms with Gasteiger partial charge in [-0.2, -0.15) is 5.10 Å². The third kappa shape index (κ3) is 3.07. The van der Waals surface area contributed by atoms with Gasteiger partial charge in [-0.15, -0.1) is 0 Å². The molecule has 0 amide bonds. The van der Waals surface area contributed by atoms with E-state index in [9.17, 15) is 0 Å². The van der Waals surface area contributed by atoms with Crippen LogP contribution in [0.2, 0.25) is 5.02 Å². The molecule has 2 unspecified atom stereocenters. The highest BCUT2D eigenvalue weighted by molar-refractivity contribution is 6.31. The summed E-state index contributed by atoms with van der Waals surface area (Å²) >= 11 is 6.36. The lowest BCUT2D eigenvalue weighted by molar-refractivity contribution is 0.386. The lowest BCUT2D eigenvalue weighted by Gasteiger charge is -2.21. The zero-order valence-corrected chi connectivity index (χ0v) is 12.6. The first-order valence-corrected chi connectivity index (χ1v) is 7.38. The molecule has 0 bridgehead atoms. The second-order valence-electron chi connectivity index (χ2n) is 5.57. The molecule has 0 aromatic carbocycles. The number of hydrogen-bond acceptors (Lipinski definition) is 2. The Morgan fingerprint density at radius 2 is 2.11 bits per heavy atom. The summed E-state index contributed by atoms with van der Waals surface area (Å²) in [5.41, 5.74) is 2.14. The molecule has 1 heterocycles. The summed E-state index contributed by atoms with van der Waals surface area (Å²) in [7, 11) is 0. The molecule has 18 heavy (non-hydrogen) atoms. The summed E-state index contributed by atoms with van der Waals surface area (Å²) in [6.07, 6.45) is 3.67. The highest BCUT2D eigenvalue weighted by atomic mass is 35.5. The van der Waals surface area contributed by atoms with Crippen molar-refractivity contribution < 1.29 is 0 Å². The van der Waals surface area contributed by atoms with Crippen LogP contribution in [-0.2, 0) is 13.0 Å². The molecule has 1 aromatic rings. The van der Waals surface area contributed by atoms with Gasteiger partial charge in [0.25, 0.3) is 0 Å². The Kier molecular flexibility index (Phi) is 4.33. The Morgan fingerprint density at radius 3 is 2.67 bits per heavy atom. The van der Waals surface area contributed by atoms with Crippen molar-refractivity contribution in [1.29, 1.82) is 0 Å². The Bertz CT molecular complexity index is 409. The van der Waals surface area contributed by atoms with Crippen molar-refractivity contribution in [2.45, 2.75) is 65.6 Å². The molecule has 1 aromatic heterocycles. The fraction of sp³-hybridized carbons (Fsp3) is 0.786. The highest BCUT2D eigenvalue weighted by Gasteiger charge is 2.26. The van der Waals surface area contributed by atoms with Crippen LogP contribution in [0.15, 0.2) is 0 Å². The van der Waals surface area contributed by atoms with Gasteiger partial charge in [-0.1, -0.05) is 18.5 Å². The molecule has 1 aliphatic rings. The van der Waals surface area contributed by atoms with Crippen molar-refractivity contribution in [3.63, 3.8) is 0 Å². The minimum absolute atomic E-state index is 0.536. The van der Waals surface area contributed by atoms with E-state index in [4.69, 9.17) is 11.6 Å². The Balaban J connectivity index is 2.02. The molecule has 2 atom stereocenters. The first-order valence-electron chi connectivity index (χ1n) is 7.00. The van der Waals surface area contributed by atoms with Gasteiger partial charge < -0.3 is 5.32 Å². The first kappa shape index (κ1) is 13.9. The molecule has 1 N–H and O–H groups in total. The average molecular weight is 270 g/mol. The van der Waals surface area contributed by atoms with Crippen LogP contribution in [0.4, 0.5) is 0 Å². The van der Waals surface area contributed by atoms with Crippen molar-refractivity contribution in [1.82, 2.24) is 15.1 Å². The van der Waals surface area contributed by atoms with E-state index < -0.39 is 0 Å². The van der Waals surface area contributed by atoms with Crippen molar-refractivity contribution in [3.05, 3.63) is 16.4 Å². The van der Waals surface area contributed by atoms with Crippen LogP contribution in [0.5, 0.6) is 0 Å². The molecule has 1 saturated carbocycles. The van der Waals surface area contributed by atoms with Crippen LogP contribution >= 0.6 is 11.6 Å². The number of aromatic nitrogens is 2. The molecule has 1 aliphatic carbocycles. The van der Waals surface area contributed by atoms with Crippen LogP contribution in [-0.4, -0.2) is 21.9 Å². The Labute approximate surface area is 115 Å².